The van der Waals surface area contributed by atoms with Crippen molar-refractivity contribution in [3.63, 3.8) is 0 Å². The molecule has 0 aliphatic rings. The van der Waals surface area contributed by atoms with E-state index in [-0.39, 0.29) is 24.0 Å². The van der Waals surface area contributed by atoms with Gasteiger partial charge in [-0.15, -0.1) is 34.2 Å². The number of methoxy groups -OCH3 is 1. The Labute approximate surface area is 172 Å². The van der Waals surface area contributed by atoms with Crippen molar-refractivity contribution < 1.29 is 4.74 Å². The normalized spacial score (nSPS) is 11.1. The van der Waals surface area contributed by atoms with Crippen molar-refractivity contribution in [3.8, 4) is 0 Å². The number of aromatic nitrogens is 3. The summed E-state index contributed by atoms with van der Waals surface area (Å²) >= 11 is 0. The van der Waals surface area contributed by atoms with Crippen LogP contribution in [0.5, 0.6) is 0 Å². The average molecular weight is 472 g/mol. The van der Waals surface area contributed by atoms with Gasteiger partial charge in [0.1, 0.15) is 12.2 Å². The van der Waals surface area contributed by atoms with Gasteiger partial charge in [-0.3, -0.25) is 0 Å². The molecule has 0 aliphatic carbocycles. The number of ether oxygens (including phenoxy) is 1. The minimum absolute atomic E-state index is 0. The number of rotatable bonds is 9. The summed E-state index contributed by atoms with van der Waals surface area (Å²) in [4.78, 5) is 4.64. The molecule has 0 saturated heterocycles. The summed E-state index contributed by atoms with van der Waals surface area (Å²) in [6, 6.07) is 8.33. The number of guanidine groups is 1. The highest BCUT2D eigenvalue weighted by molar-refractivity contribution is 14.0. The fraction of sp³-hybridized carbons (Fsp3) is 0.500. The topological polar surface area (TPSA) is 76.4 Å². The Balaban J connectivity index is 0.00000338. The molecule has 0 atom stereocenters. The van der Waals surface area contributed by atoms with E-state index in [1.54, 1.807) is 13.4 Å². The van der Waals surface area contributed by atoms with Crippen LogP contribution in [-0.4, -0.2) is 40.9 Å². The van der Waals surface area contributed by atoms with Gasteiger partial charge in [-0.2, -0.15) is 0 Å². The molecule has 0 amide bonds. The molecule has 0 spiro atoms. The Kier molecular flexibility index (Phi) is 10.9. The lowest BCUT2D eigenvalue weighted by molar-refractivity contribution is 0.185. The van der Waals surface area contributed by atoms with Crippen LogP contribution in [0, 0.1) is 0 Å². The third-order valence-electron chi connectivity index (χ3n) is 3.76. The number of hydrogen-bond donors (Lipinski definition) is 2. The fourth-order valence-corrected chi connectivity index (χ4v) is 2.45. The van der Waals surface area contributed by atoms with Crippen LogP contribution in [0.4, 0.5) is 0 Å². The van der Waals surface area contributed by atoms with E-state index in [1.807, 2.05) is 0 Å². The van der Waals surface area contributed by atoms with Crippen molar-refractivity contribution in [2.75, 3.05) is 20.2 Å². The van der Waals surface area contributed by atoms with Gasteiger partial charge in [0, 0.05) is 33.2 Å². The first-order chi connectivity index (χ1) is 12.3. The summed E-state index contributed by atoms with van der Waals surface area (Å²) in [6.45, 7) is 7.82. The fourth-order valence-electron chi connectivity index (χ4n) is 2.45. The standard InChI is InChI=1S/C18H28N6O.HI/c1-4-17-23-22-14-24(17)11-10-20-18(19-5-2)21-12-15-6-8-16(9-7-15)13-25-3;/h6-9,14H,4-5,10-13H2,1-3H3,(H2,19,20,21);1H. The van der Waals surface area contributed by atoms with Crippen LogP contribution in [0.15, 0.2) is 35.6 Å². The molecule has 1 aromatic carbocycles. The second kappa shape index (κ2) is 12.6. The van der Waals surface area contributed by atoms with Crippen molar-refractivity contribution in [2.45, 2.75) is 40.0 Å². The van der Waals surface area contributed by atoms with Gasteiger partial charge >= 0.3 is 0 Å². The lowest BCUT2D eigenvalue weighted by Gasteiger charge is -2.12. The van der Waals surface area contributed by atoms with Crippen LogP contribution in [0.2, 0.25) is 0 Å². The summed E-state index contributed by atoms with van der Waals surface area (Å²) in [6.07, 6.45) is 2.65. The zero-order chi connectivity index (χ0) is 17.9. The highest BCUT2D eigenvalue weighted by Gasteiger charge is 2.02. The first-order valence-corrected chi connectivity index (χ1v) is 8.72. The molecule has 0 radical (unpaired) electrons. The molecule has 26 heavy (non-hydrogen) atoms. The number of benzene rings is 1. The number of aryl methyl sites for hydroxylation is 1. The summed E-state index contributed by atoms with van der Waals surface area (Å²) in [5.41, 5.74) is 2.34. The molecule has 0 unspecified atom stereocenters. The number of nitrogens with zero attached hydrogens (tertiary/aromatic N) is 4. The van der Waals surface area contributed by atoms with E-state index in [1.165, 1.54) is 11.1 Å². The molecule has 2 aromatic rings. The molecule has 0 aliphatic heterocycles. The van der Waals surface area contributed by atoms with Gasteiger partial charge in [0.2, 0.25) is 0 Å². The molecule has 2 N–H and O–H groups in total. The number of hydrogen-bond acceptors (Lipinski definition) is 4. The number of aliphatic imine (C=N–C) groups is 1. The maximum Gasteiger partial charge on any atom is 0.191 e. The Hall–Kier alpha value is -1.68. The van der Waals surface area contributed by atoms with Gasteiger partial charge in [-0.25, -0.2) is 4.99 Å². The van der Waals surface area contributed by atoms with Gasteiger partial charge in [0.15, 0.2) is 5.96 Å². The highest BCUT2D eigenvalue weighted by atomic mass is 127. The van der Waals surface area contributed by atoms with Crippen LogP contribution < -0.4 is 10.6 Å². The van der Waals surface area contributed by atoms with Gasteiger partial charge < -0.3 is 19.9 Å². The Bertz CT molecular complexity index is 656. The largest absolute Gasteiger partial charge is 0.380 e. The van der Waals surface area contributed by atoms with Crippen molar-refractivity contribution in [2.24, 2.45) is 4.99 Å². The van der Waals surface area contributed by atoms with Crippen LogP contribution in [0.3, 0.4) is 0 Å². The van der Waals surface area contributed by atoms with Crippen molar-refractivity contribution in [3.05, 3.63) is 47.5 Å². The molecule has 7 nitrogen and oxygen atoms in total. The molecule has 1 aromatic heterocycles. The SMILES string of the molecule is CCNC(=NCc1ccc(COC)cc1)NCCn1cnnc1CC.I. The van der Waals surface area contributed by atoms with Crippen LogP contribution in [0.25, 0.3) is 0 Å². The molecular formula is C18H29IN6O. The van der Waals surface area contributed by atoms with E-state index in [9.17, 15) is 0 Å². The molecular weight excluding hydrogens is 443 g/mol. The van der Waals surface area contributed by atoms with E-state index >= 15 is 0 Å². The minimum atomic E-state index is 0. The predicted octanol–water partition coefficient (Wildman–Crippen LogP) is 2.36. The second-order valence-electron chi connectivity index (χ2n) is 5.67. The molecule has 0 fully saturated rings. The van der Waals surface area contributed by atoms with Gasteiger partial charge in [0.25, 0.3) is 0 Å². The molecule has 0 bridgehead atoms. The summed E-state index contributed by atoms with van der Waals surface area (Å²) in [5.74, 6) is 1.81. The van der Waals surface area contributed by atoms with Gasteiger partial charge in [-0.05, 0) is 18.1 Å². The van der Waals surface area contributed by atoms with Crippen LogP contribution in [-0.2, 0) is 30.9 Å². The third-order valence-corrected chi connectivity index (χ3v) is 3.76. The van der Waals surface area contributed by atoms with Crippen molar-refractivity contribution in [1.29, 1.82) is 0 Å². The van der Waals surface area contributed by atoms with Crippen molar-refractivity contribution in [1.82, 2.24) is 25.4 Å². The van der Waals surface area contributed by atoms with E-state index in [4.69, 9.17) is 4.74 Å². The highest BCUT2D eigenvalue weighted by Crippen LogP contribution is 2.06. The molecule has 1 heterocycles. The number of halogens is 1. The maximum atomic E-state index is 5.13. The average Bonchev–Trinajstić information content (AvgIpc) is 3.08. The van der Waals surface area contributed by atoms with E-state index in [0.29, 0.717) is 13.2 Å². The monoisotopic (exact) mass is 472 g/mol. The van der Waals surface area contributed by atoms with Crippen molar-refractivity contribution >= 4 is 29.9 Å². The van der Waals surface area contributed by atoms with Crippen LogP contribution in [0.1, 0.15) is 30.8 Å². The molecule has 8 heteroatoms. The number of nitrogens with one attached hydrogen (secondary N) is 2. The maximum absolute atomic E-state index is 5.13. The quantitative estimate of drug-likeness (QED) is 0.333. The smallest absolute Gasteiger partial charge is 0.191 e. The van der Waals surface area contributed by atoms with E-state index in [2.05, 4.69) is 68.5 Å². The zero-order valence-corrected chi connectivity index (χ0v) is 18.1. The summed E-state index contributed by atoms with van der Waals surface area (Å²) < 4.78 is 7.19. The van der Waals surface area contributed by atoms with Gasteiger partial charge in [0.05, 0.1) is 13.2 Å². The first-order valence-electron chi connectivity index (χ1n) is 8.72. The zero-order valence-electron chi connectivity index (χ0n) is 15.7. The third kappa shape index (κ3) is 7.28. The first kappa shape index (κ1) is 22.4. The molecule has 144 valence electrons. The second-order valence-corrected chi connectivity index (χ2v) is 5.67. The van der Waals surface area contributed by atoms with Gasteiger partial charge in [-0.1, -0.05) is 31.2 Å². The summed E-state index contributed by atoms with van der Waals surface area (Å²) in [7, 11) is 1.70. The Morgan fingerprint density at radius 2 is 1.88 bits per heavy atom. The minimum Gasteiger partial charge on any atom is -0.380 e. The van der Waals surface area contributed by atoms with E-state index in [0.717, 1.165) is 37.8 Å². The lowest BCUT2D eigenvalue weighted by Crippen LogP contribution is -2.38. The Morgan fingerprint density at radius 1 is 1.15 bits per heavy atom. The lowest BCUT2D eigenvalue weighted by atomic mass is 10.1. The Morgan fingerprint density at radius 3 is 2.54 bits per heavy atom. The predicted molar refractivity (Wildman–Crippen MR) is 115 cm³/mol. The summed E-state index contributed by atoms with van der Waals surface area (Å²) in [5, 5.41) is 14.7. The van der Waals surface area contributed by atoms with E-state index < -0.39 is 0 Å². The molecule has 0 saturated carbocycles. The van der Waals surface area contributed by atoms with Crippen LogP contribution >= 0.6 is 24.0 Å². The molecule has 2 rings (SSSR count).